The molecule has 0 aromatic carbocycles. The van der Waals surface area contributed by atoms with Crippen molar-refractivity contribution in [3.05, 3.63) is 22.1 Å². The monoisotopic (exact) mass is 353 g/mol. The summed E-state index contributed by atoms with van der Waals surface area (Å²) in [5.74, 6) is -1.77. The lowest BCUT2D eigenvalue weighted by Gasteiger charge is -2.23. The Hall–Kier alpha value is -2.14. The van der Waals surface area contributed by atoms with E-state index in [9.17, 15) is 22.8 Å². The number of likely N-dealkylation sites (N-methyl/N-ethyl adjacent to an activating group) is 1. The number of alkyl halides is 3. The Labute approximate surface area is 135 Å². The van der Waals surface area contributed by atoms with Gasteiger partial charge >= 0.3 is 12.1 Å². The molecule has 1 atom stereocenters. The number of aliphatic carboxylic acids is 1. The lowest BCUT2D eigenvalue weighted by molar-refractivity contribution is -0.141. The highest BCUT2D eigenvalue weighted by Gasteiger charge is 2.38. The number of carboxylic acid groups (broad SMARTS) is 1. The van der Waals surface area contributed by atoms with E-state index in [1.54, 1.807) is 24.1 Å². The molecule has 0 spiro atoms. The van der Waals surface area contributed by atoms with Gasteiger partial charge in [-0.1, -0.05) is 0 Å². The molecular formula is C13H18F3N3O5. The van der Waals surface area contributed by atoms with E-state index in [4.69, 9.17) is 14.6 Å². The predicted molar refractivity (Wildman–Crippen MR) is 75.9 cm³/mol. The number of nitrogens with one attached hydrogen (secondary N) is 1. The SMILES string of the molecule is CN(C)CC(COCCC(=O)O)Oc1cn[nH]c(=O)c1C(F)(F)F. The van der Waals surface area contributed by atoms with Gasteiger partial charge in [0.15, 0.2) is 11.3 Å². The van der Waals surface area contributed by atoms with Crippen molar-refractivity contribution in [3.8, 4) is 5.75 Å². The van der Waals surface area contributed by atoms with Gasteiger partial charge in [-0.05, 0) is 14.1 Å². The predicted octanol–water partition coefficient (Wildman–Crippen LogP) is 0.589. The summed E-state index contributed by atoms with van der Waals surface area (Å²) in [6.45, 7) is -0.0604. The van der Waals surface area contributed by atoms with E-state index in [-0.39, 0.29) is 26.2 Å². The van der Waals surface area contributed by atoms with E-state index in [0.717, 1.165) is 6.20 Å². The summed E-state index contributed by atoms with van der Waals surface area (Å²) in [5.41, 5.74) is -2.89. The average Bonchev–Trinajstić information content (AvgIpc) is 2.41. The Kier molecular flexibility index (Phi) is 7.17. The number of aromatic nitrogens is 2. The third-order valence-electron chi connectivity index (χ3n) is 2.73. The number of carboxylic acids is 1. The minimum Gasteiger partial charge on any atom is -0.484 e. The normalized spacial score (nSPS) is 13.1. The zero-order valence-electron chi connectivity index (χ0n) is 13.1. The second-order valence-corrected chi connectivity index (χ2v) is 5.16. The number of rotatable bonds is 9. The van der Waals surface area contributed by atoms with Crippen molar-refractivity contribution in [1.82, 2.24) is 15.1 Å². The minimum absolute atomic E-state index is 0.109. The van der Waals surface area contributed by atoms with Crippen molar-refractivity contribution >= 4 is 5.97 Å². The molecule has 0 aliphatic carbocycles. The molecule has 0 aliphatic heterocycles. The maximum absolute atomic E-state index is 13.0. The van der Waals surface area contributed by atoms with E-state index in [1.807, 2.05) is 0 Å². The maximum Gasteiger partial charge on any atom is 0.425 e. The Balaban J connectivity index is 2.88. The number of ether oxygens (including phenoxy) is 2. The van der Waals surface area contributed by atoms with E-state index < -0.39 is 35.1 Å². The molecule has 1 aromatic rings. The highest BCUT2D eigenvalue weighted by Crippen LogP contribution is 2.33. The lowest BCUT2D eigenvalue weighted by atomic mass is 10.2. The molecule has 24 heavy (non-hydrogen) atoms. The van der Waals surface area contributed by atoms with Crippen LogP contribution in [0.5, 0.6) is 5.75 Å². The van der Waals surface area contributed by atoms with Crippen LogP contribution in [0.1, 0.15) is 12.0 Å². The molecule has 1 aromatic heterocycles. The summed E-state index contributed by atoms with van der Waals surface area (Å²) in [6, 6.07) is 0. The van der Waals surface area contributed by atoms with Gasteiger partial charge in [0, 0.05) is 6.54 Å². The third kappa shape index (κ3) is 6.54. The lowest BCUT2D eigenvalue weighted by Crippen LogP contribution is -2.36. The van der Waals surface area contributed by atoms with Crippen LogP contribution in [0.25, 0.3) is 0 Å². The first-order valence-electron chi connectivity index (χ1n) is 6.87. The van der Waals surface area contributed by atoms with Gasteiger partial charge in [-0.2, -0.15) is 18.3 Å². The largest absolute Gasteiger partial charge is 0.484 e. The van der Waals surface area contributed by atoms with Crippen molar-refractivity contribution in [3.63, 3.8) is 0 Å². The summed E-state index contributed by atoms with van der Waals surface area (Å²) in [6.07, 6.45) is -5.23. The summed E-state index contributed by atoms with van der Waals surface area (Å²) in [5, 5.41) is 13.6. The standard InChI is InChI=1S/C13H18F3N3O5/c1-19(2)6-8(7-23-4-3-10(20)21)24-9-5-17-18-12(22)11(9)13(14,15)16/h5,8H,3-4,6-7H2,1-2H3,(H,18,22)(H,20,21). The van der Waals surface area contributed by atoms with Gasteiger partial charge in [-0.25, -0.2) is 5.10 Å². The van der Waals surface area contributed by atoms with Gasteiger partial charge in [-0.3, -0.25) is 9.59 Å². The maximum atomic E-state index is 13.0. The molecule has 0 fully saturated rings. The Morgan fingerprint density at radius 3 is 2.67 bits per heavy atom. The van der Waals surface area contributed by atoms with Gasteiger partial charge in [0.25, 0.3) is 5.56 Å². The number of halogens is 3. The molecule has 0 radical (unpaired) electrons. The molecule has 8 nitrogen and oxygen atoms in total. The van der Waals surface area contributed by atoms with E-state index >= 15 is 0 Å². The molecule has 136 valence electrons. The number of carbonyl (C=O) groups is 1. The molecule has 0 amide bonds. The van der Waals surface area contributed by atoms with Gasteiger partial charge in [0.1, 0.15) is 6.10 Å². The zero-order valence-corrected chi connectivity index (χ0v) is 13.1. The summed E-state index contributed by atoms with van der Waals surface area (Å²) in [7, 11) is 3.35. The van der Waals surface area contributed by atoms with Crippen LogP contribution in [0.3, 0.4) is 0 Å². The second kappa shape index (κ2) is 8.64. The molecule has 1 rings (SSSR count). The molecular weight excluding hydrogens is 335 g/mol. The second-order valence-electron chi connectivity index (χ2n) is 5.16. The van der Waals surface area contributed by atoms with Crippen molar-refractivity contribution in [2.45, 2.75) is 18.7 Å². The molecule has 1 heterocycles. The van der Waals surface area contributed by atoms with Crippen LogP contribution < -0.4 is 10.3 Å². The van der Waals surface area contributed by atoms with Crippen LogP contribution in [0.2, 0.25) is 0 Å². The van der Waals surface area contributed by atoms with Gasteiger partial charge in [0.05, 0.1) is 25.8 Å². The van der Waals surface area contributed by atoms with E-state index in [0.29, 0.717) is 0 Å². The first-order valence-corrected chi connectivity index (χ1v) is 6.87. The van der Waals surface area contributed by atoms with Gasteiger partial charge in [0.2, 0.25) is 0 Å². The van der Waals surface area contributed by atoms with E-state index in [2.05, 4.69) is 5.10 Å². The van der Waals surface area contributed by atoms with Crippen LogP contribution in [-0.2, 0) is 15.7 Å². The van der Waals surface area contributed by atoms with Crippen LogP contribution in [-0.4, -0.2) is 66.1 Å². The van der Waals surface area contributed by atoms with Crippen molar-refractivity contribution < 1.29 is 32.5 Å². The van der Waals surface area contributed by atoms with Gasteiger partial charge < -0.3 is 19.5 Å². The molecule has 1 unspecified atom stereocenters. The first-order chi connectivity index (χ1) is 11.1. The number of H-pyrrole nitrogens is 1. The average molecular weight is 353 g/mol. The first kappa shape index (κ1) is 19.9. The van der Waals surface area contributed by atoms with Crippen LogP contribution >= 0.6 is 0 Å². The van der Waals surface area contributed by atoms with Crippen LogP contribution in [0, 0.1) is 0 Å². The van der Waals surface area contributed by atoms with Crippen LogP contribution in [0.4, 0.5) is 13.2 Å². The van der Waals surface area contributed by atoms with Crippen molar-refractivity contribution in [2.24, 2.45) is 0 Å². The van der Waals surface area contributed by atoms with Gasteiger partial charge in [-0.15, -0.1) is 0 Å². The Morgan fingerprint density at radius 1 is 1.46 bits per heavy atom. The van der Waals surface area contributed by atoms with E-state index in [1.165, 1.54) is 0 Å². The molecule has 0 bridgehead atoms. The molecule has 0 aliphatic rings. The fraction of sp³-hybridized carbons (Fsp3) is 0.615. The quantitative estimate of drug-likeness (QED) is 0.626. The molecule has 2 N–H and O–H groups in total. The Morgan fingerprint density at radius 2 is 2.12 bits per heavy atom. The summed E-state index contributed by atoms with van der Waals surface area (Å²) in [4.78, 5) is 23.5. The molecule has 0 saturated carbocycles. The molecule has 0 saturated heterocycles. The minimum atomic E-state index is -4.90. The fourth-order valence-electron chi connectivity index (χ4n) is 1.82. The Bertz CT molecular complexity index is 603. The van der Waals surface area contributed by atoms with Crippen molar-refractivity contribution in [1.29, 1.82) is 0 Å². The number of hydrogen-bond donors (Lipinski definition) is 2. The highest BCUT2D eigenvalue weighted by molar-refractivity contribution is 5.66. The smallest absolute Gasteiger partial charge is 0.425 e. The van der Waals surface area contributed by atoms with Crippen molar-refractivity contribution in [2.75, 3.05) is 33.9 Å². The highest BCUT2D eigenvalue weighted by atomic mass is 19.4. The topological polar surface area (TPSA) is 105 Å². The summed E-state index contributed by atoms with van der Waals surface area (Å²) >= 11 is 0. The third-order valence-corrected chi connectivity index (χ3v) is 2.73. The zero-order chi connectivity index (χ0) is 18.3. The number of aromatic amines is 1. The molecule has 11 heteroatoms. The van der Waals surface area contributed by atoms with Crippen LogP contribution in [0.15, 0.2) is 11.0 Å². The number of nitrogens with zero attached hydrogens (tertiary/aromatic N) is 2. The number of hydrogen-bond acceptors (Lipinski definition) is 6. The fourth-order valence-corrected chi connectivity index (χ4v) is 1.82. The summed E-state index contributed by atoms with van der Waals surface area (Å²) < 4.78 is 49.3.